The van der Waals surface area contributed by atoms with E-state index in [1.807, 2.05) is 0 Å². The van der Waals surface area contributed by atoms with Gasteiger partial charge in [-0.15, -0.1) is 0 Å². The minimum absolute atomic E-state index is 0.0411. The summed E-state index contributed by atoms with van der Waals surface area (Å²) in [6, 6.07) is 9.24. The number of phenols is 1. The molecule has 4 aromatic rings. The minimum Gasteiger partial charge on any atom is -0.505 e. The van der Waals surface area contributed by atoms with Crippen molar-refractivity contribution < 1.29 is 23.0 Å². The van der Waals surface area contributed by atoms with E-state index >= 15 is 0 Å². The summed E-state index contributed by atoms with van der Waals surface area (Å²) in [6.07, 6.45) is 3.61. The molecule has 0 unspecified atom stereocenters. The summed E-state index contributed by atoms with van der Waals surface area (Å²) in [4.78, 5) is 4.22. The molecule has 30 heavy (non-hydrogen) atoms. The van der Waals surface area contributed by atoms with Crippen molar-refractivity contribution in [1.29, 1.82) is 0 Å². The SMILES string of the molecule is O=S1(=O)CCCN1c1c2cccnc2c(O)c2c(O)n(Cc3ccc(F)cc3)cc12. The van der Waals surface area contributed by atoms with Crippen molar-refractivity contribution in [3.8, 4) is 11.6 Å². The second kappa shape index (κ2) is 6.60. The van der Waals surface area contributed by atoms with E-state index in [-0.39, 0.29) is 40.6 Å². The lowest BCUT2D eigenvalue weighted by molar-refractivity contribution is 0.425. The number of phenolic OH excluding ortho intramolecular Hbond substituents is 1. The molecule has 2 N–H and O–H groups in total. The largest absolute Gasteiger partial charge is 0.505 e. The third-order valence-corrected chi connectivity index (χ3v) is 7.29. The summed E-state index contributed by atoms with van der Waals surface area (Å²) in [5, 5.41) is 22.8. The molecule has 0 saturated carbocycles. The molecule has 0 bridgehead atoms. The van der Waals surface area contributed by atoms with Gasteiger partial charge in [-0.25, -0.2) is 12.8 Å². The molecule has 3 heterocycles. The van der Waals surface area contributed by atoms with Crippen molar-refractivity contribution in [2.24, 2.45) is 0 Å². The van der Waals surface area contributed by atoms with Crippen molar-refractivity contribution in [3.05, 3.63) is 60.2 Å². The monoisotopic (exact) mass is 427 g/mol. The number of halogens is 1. The van der Waals surface area contributed by atoms with E-state index in [4.69, 9.17) is 0 Å². The fraction of sp³-hybridized carbons (Fsp3) is 0.190. The van der Waals surface area contributed by atoms with E-state index in [1.165, 1.54) is 27.2 Å². The van der Waals surface area contributed by atoms with Crippen molar-refractivity contribution >= 4 is 37.4 Å². The molecule has 0 radical (unpaired) electrons. The Kier molecular flexibility index (Phi) is 4.11. The second-order valence-electron chi connectivity index (χ2n) is 7.33. The van der Waals surface area contributed by atoms with Crippen LogP contribution in [0.1, 0.15) is 12.0 Å². The summed E-state index contributed by atoms with van der Waals surface area (Å²) in [5.74, 6) is -0.745. The minimum atomic E-state index is -3.51. The maximum Gasteiger partial charge on any atom is 0.235 e. The lowest BCUT2D eigenvalue weighted by Crippen LogP contribution is -2.25. The maximum absolute atomic E-state index is 13.2. The van der Waals surface area contributed by atoms with Gasteiger partial charge in [0, 0.05) is 29.7 Å². The van der Waals surface area contributed by atoms with Gasteiger partial charge in [-0.3, -0.25) is 9.29 Å². The predicted molar refractivity (Wildman–Crippen MR) is 112 cm³/mol. The molecule has 0 atom stereocenters. The van der Waals surface area contributed by atoms with E-state index in [1.54, 1.807) is 30.5 Å². The van der Waals surface area contributed by atoms with Crippen LogP contribution in [0, 0.1) is 5.82 Å². The van der Waals surface area contributed by atoms with Crippen LogP contribution in [-0.2, 0) is 16.6 Å². The zero-order valence-corrected chi connectivity index (χ0v) is 16.6. The number of aromatic hydroxyl groups is 2. The van der Waals surface area contributed by atoms with Crippen LogP contribution < -0.4 is 4.31 Å². The standard InChI is InChI=1S/C21H18FN3O4S/c22-14-6-4-13(5-7-14)11-24-12-16-17(21(24)27)20(26)18-15(3-1-8-23-18)19(16)25-9-2-10-30(25,28)29/h1,3-8,12,26-27H,2,9-11H2. The quantitative estimate of drug-likeness (QED) is 0.523. The van der Waals surface area contributed by atoms with Gasteiger partial charge < -0.3 is 14.8 Å². The highest BCUT2D eigenvalue weighted by Gasteiger charge is 2.33. The third-order valence-electron chi connectivity index (χ3n) is 5.44. The smallest absolute Gasteiger partial charge is 0.235 e. The molecule has 1 fully saturated rings. The first-order valence-corrected chi connectivity index (χ1v) is 11.0. The van der Waals surface area contributed by atoms with Crippen LogP contribution in [-0.4, -0.2) is 40.5 Å². The molecule has 9 heteroatoms. The number of hydrogen-bond acceptors (Lipinski definition) is 5. The number of rotatable bonds is 3. The molecular weight excluding hydrogens is 409 g/mol. The van der Waals surface area contributed by atoms with Crippen LogP contribution in [0.5, 0.6) is 11.6 Å². The summed E-state index contributed by atoms with van der Waals surface area (Å²) in [6.45, 7) is 0.534. The number of nitrogens with zero attached hydrogens (tertiary/aromatic N) is 3. The molecule has 2 aromatic carbocycles. The van der Waals surface area contributed by atoms with Gasteiger partial charge in [-0.1, -0.05) is 12.1 Å². The first-order chi connectivity index (χ1) is 14.4. The molecule has 1 saturated heterocycles. The molecule has 0 spiro atoms. The molecule has 5 rings (SSSR count). The Hall–Kier alpha value is -3.33. The summed E-state index contributed by atoms with van der Waals surface area (Å²) >= 11 is 0. The molecular formula is C21H18FN3O4S. The number of anilines is 1. The van der Waals surface area contributed by atoms with Gasteiger partial charge in [-0.2, -0.15) is 0 Å². The molecule has 1 aliphatic heterocycles. The van der Waals surface area contributed by atoms with Gasteiger partial charge in [0.25, 0.3) is 0 Å². The normalized spacial score (nSPS) is 16.0. The highest BCUT2D eigenvalue weighted by atomic mass is 32.2. The molecule has 0 aliphatic carbocycles. The molecule has 7 nitrogen and oxygen atoms in total. The first kappa shape index (κ1) is 18.7. The zero-order chi connectivity index (χ0) is 21.0. The fourth-order valence-electron chi connectivity index (χ4n) is 4.07. The van der Waals surface area contributed by atoms with Gasteiger partial charge in [0.15, 0.2) is 5.75 Å². The summed E-state index contributed by atoms with van der Waals surface area (Å²) < 4.78 is 41.4. The molecule has 2 aromatic heterocycles. The summed E-state index contributed by atoms with van der Waals surface area (Å²) in [5.41, 5.74) is 1.36. The Balaban J connectivity index is 1.80. The Morgan fingerprint density at radius 1 is 1.10 bits per heavy atom. The van der Waals surface area contributed by atoms with E-state index in [9.17, 15) is 23.0 Å². The van der Waals surface area contributed by atoms with Gasteiger partial charge in [0.1, 0.15) is 11.3 Å². The Bertz CT molecular complexity index is 1400. The lowest BCUT2D eigenvalue weighted by atomic mass is 10.1. The van der Waals surface area contributed by atoms with Crippen molar-refractivity contribution in [2.75, 3.05) is 16.6 Å². The second-order valence-corrected chi connectivity index (χ2v) is 9.35. The number of aromatic nitrogens is 2. The highest BCUT2D eigenvalue weighted by molar-refractivity contribution is 7.93. The Labute approximate surface area is 171 Å². The van der Waals surface area contributed by atoms with Crippen LogP contribution in [0.15, 0.2) is 48.8 Å². The number of pyridine rings is 1. The van der Waals surface area contributed by atoms with Gasteiger partial charge >= 0.3 is 0 Å². The van der Waals surface area contributed by atoms with Gasteiger partial charge in [-0.05, 0) is 36.2 Å². The number of sulfonamides is 1. The van der Waals surface area contributed by atoms with Crippen LogP contribution >= 0.6 is 0 Å². The molecule has 154 valence electrons. The zero-order valence-electron chi connectivity index (χ0n) is 15.8. The van der Waals surface area contributed by atoms with Gasteiger partial charge in [0.2, 0.25) is 15.9 Å². The van der Waals surface area contributed by atoms with E-state index in [2.05, 4.69) is 4.98 Å². The van der Waals surface area contributed by atoms with Crippen LogP contribution in [0.4, 0.5) is 10.1 Å². The highest BCUT2D eigenvalue weighted by Crippen LogP contribution is 2.47. The van der Waals surface area contributed by atoms with E-state index < -0.39 is 10.0 Å². The molecule has 1 aliphatic rings. The van der Waals surface area contributed by atoms with Crippen molar-refractivity contribution in [2.45, 2.75) is 13.0 Å². The molecule has 0 amide bonds. The lowest BCUT2D eigenvalue weighted by Gasteiger charge is -2.20. The first-order valence-electron chi connectivity index (χ1n) is 9.43. The third kappa shape index (κ3) is 2.77. The average Bonchev–Trinajstić information content (AvgIpc) is 3.23. The Morgan fingerprint density at radius 3 is 2.57 bits per heavy atom. The van der Waals surface area contributed by atoms with Crippen molar-refractivity contribution in [3.63, 3.8) is 0 Å². The van der Waals surface area contributed by atoms with Crippen molar-refractivity contribution in [1.82, 2.24) is 9.55 Å². The fourth-order valence-corrected chi connectivity index (χ4v) is 5.67. The average molecular weight is 427 g/mol. The van der Waals surface area contributed by atoms with Gasteiger partial charge in [0.05, 0.1) is 23.4 Å². The summed E-state index contributed by atoms with van der Waals surface area (Å²) in [7, 11) is -3.51. The Morgan fingerprint density at radius 2 is 1.87 bits per heavy atom. The predicted octanol–water partition coefficient (Wildman–Crippen LogP) is 3.33. The number of hydrogen-bond donors (Lipinski definition) is 2. The van der Waals surface area contributed by atoms with Crippen LogP contribution in [0.3, 0.4) is 0 Å². The maximum atomic E-state index is 13.2. The topological polar surface area (TPSA) is 95.7 Å². The number of fused-ring (bicyclic) bond motifs is 2. The van der Waals surface area contributed by atoms with E-state index in [0.717, 1.165) is 5.56 Å². The van der Waals surface area contributed by atoms with Crippen LogP contribution in [0.25, 0.3) is 21.7 Å². The van der Waals surface area contributed by atoms with E-state index in [0.29, 0.717) is 29.4 Å². The number of benzene rings is 2. The van der Waals surface area contributed by atoms with Crippen LogP contribution in [0.2, 0.25) is 0 Å².